The van der Waals surface area contributed by atoms with E-state index in [1.807, 2.05) is 24.3 Å². The molecular weight excluding hydrogens is 380 g/mol. The van der Waals surface area contributed by atoms with E-state index in [2.05, 4.69) is 35.9 Å². The van der Waals surface area contributed by atoms with Gasteiger partial charge < -0.3 is 13.9 Å². The zero-order valence-corrected chi connectivity index (χ0v) is 17.2. The third-order valence-electron chi connectivity index (χ3n) is 5.47. The molecule has 0 saturated carbocycles. The van der Waals surface area contributed by atoms with Crippen molar-refractivity contribution >= 4 is 27.7 Å². The van der Waals surface area contributed by atoms with Gasteiger partial charge in [0.05, 0.1) is 19.1 Å². The largest absolute Gasteiger partial charge is 0.489 e. The van der Waals surface area contributed by atoms with Gasteiger partial charge in [-0.05, 0) is 47.9 Å². The molecule has 0 aliphatic rings. The predicted molar refractivity (Wildman–Crippen MR) is 116 cm³/mol. The van der Waals surface area contributed by atoms with E-state index in [4.69, 9.17) is 9.15 Å². The molecule has 4 aromatic rings. The van der Waals surface area contributed by atoms with Crippen LogP contribution < -0.4 is 10.4 Å². The van der Waals surface area contributed by atoms with Crippen LogP contribution in [-0.2, 0) is 22.6 Å². The van der Waals surface area contributed by atoms with Crippen LogP contribution in [0.5, 0.6) is 5.75 Å². The smallest absolute Gasteiger partial charge is 0.340 e. The molecule has 0 atom stereocenters. The third-order valence-corrected chi connectivity index (χ3v) is 5.47. The molecule has 152 valence electrons. The van der Waals surface area contributed by atoms with Gasteiger partial charge in [0, 0.05) is 17.0 Å². The summed E-state index contributed by atoms with van der Waals surface area (Å²) in [6, 6.07) is 17.8. The molecular formula is C25H22O5. The molecule has 0 unspecified atom stereocenters. The highest BCUT2D eigenvalue weighted by Gasteiger charge is 2.16. The molecule has 0 spiro atoms. The SMILES string of the molecule is COC(=O)Cc1c(C)c2ccc(OCc3c(C)ccc4ccccc34)cc2oc1=O. The molecule has 3 aromatic carbocycles. The van der Waals surface area contributed by atoms with Gasteiger partial charge in [-0.15, -0.1) is 0 Å². The first-order valence-corrected chi connectivity index (χ1v) is 9.71. The number of carbonyl (C=O) groups excluding carboxylic acids is 1. The minimum absolute atomic E-state index is 0.112. The van der Waals surface area contributed by atoms with Crippen LogP contribution in [0.2, 0.25) is 0 Å². The molecule has 0 radical (unpaired) electrons. The summed E-state index contributed by atoms with van der Waals surface area (Å²) in [6.07, 6.45) is -0.112. The summed E-state index contributed by atoms with van der Waals surface area (Å²) >= 11 is 0. The van der Waals surface area contributed by atoms with E-state index in [1.165, 1.54) is 12.5 Å². The van der Waals surface area contributed by atoms with E-state index in [9.17, 15) is 9.59 Å². The molecule has 4 rings (SSSR count). The summed E-state index contributed by atoms with van der Waals surface area (Å²) in [7, 11) is 1.29. The van der Waals surface area contributed by atoms with Crippen LogP contribution in [-0.4, -0.2) is 13.1 Å². The minimum Gasteiger partial charge on any atom is -0.489 e. The molecule has 0 aliphatic heterocycles. The lowest BCUT2D eigenvalue weighted by Crippen LogP contribution is -2.16. The average Bonchev–Trinajstić information content (AvgIpc) is 2.75. The highest BCUT2D eigenvalue weighted by Crippen LogP contribution is 2.27. The first kappa shape index (κ1) is 19.7. The number of aryl methyl sites for hydroxylation is 2. The van der Waals surface area contributed by atoms with Crippen LogP contribution in [0.1, 0.15) is 22.3 Å². The summed E-state index contributed by atoms with van der Waals surface area (Å²) in [5.74, 6) is 0.133. The number of esters is 1. The second kappa shape index (κ2) is 8.03. The molecule has 0 fully saturated rings. The fraction of sp³-hybridized carbons (Fsp3) is 0.200. The second-order valence-corrected chi connectivity index (χ2v) is 7.27. The maximum absolute atomic E-state index is 12.4. The Balaban J connectivity index is 1.65. The monoisotopic (exact) mass is 402 g/mol. The van der Waals surface area contributed by atoms with Crippen LogP contribution in [0.25, 0.3) is 21.7 Å². The Kier molecular flexibility index (Phi) is 5.27. The Morgan fingerprint density at radius 3 is 2.57 bits per heavy atom. The minimum atomic E-state index is -0.535. The summed E-state index contributed by atoms with van der Waals surface area (Å²) in [6.45, 7) is 4.27. The normalized spacial score (nSPS) is 11.0. The quantitative estimate of drug-likeness (QED) is 0.352. The van der Waals surface area contributed by atoms with E-state index >= 15 is 0 Å². The molecule has 1 heterocycles. The first-order valence-electron chi connectivity index (χ1n) is 9.71. The number of hydrogen-bond donors (Lipinski definition) is 0. The van der Waals surface area contributed by atoms with Crippen LogP contribution in [0.3, 0.4) is 0 Å². The van der Waals surface area contributed by atoms with Gasteiger partial charge in [0.15, 0.2) is 0 Å². The number of benzene rings is 3. The van der Waals surface area contributed by atoms with Crippen LogP contribution in [0, 0.1) is 13.8 Å². The van der Waals surface area contributed by atoms with Crippen molar-refractivity contribution in [3.63, 3.8) is 0 Å². The van der Waals surface area contributed by atoms with E-state index in [0.717, 1.165) is 21.9 Å². The molecule has 0 saturated heterocycles. The van der Waals surface area contributed by atoms with Gasteiger partial charge in [0.2, 0.25) is 0 Å². The lowest BCUT2D eigenvalue weighted by atomic mass is 10.0. The zero-order chi connectivity index (χ0) is 21.3. The van der Waals surface area contributed by atoms with Gasteiger partial charge in [-0.25, -0.2) is 4.79 Å². The fourth-order valence-electron chi connectivity index (χ4n) is 3.68. The summed E-state index contributed by atoms with van der Waals surface area (Å²) in [5.41, 5.74) is 3.20. The molecule has 5 heteroatoms. The molecule has 0 bridgehead atoms. The van der Waals surface area contributed by atoms with Crippen molar-refractivity contribution in [1.29, 1.82) is 0 Å². The molecule has 1 aromatic heterocycles. The maximum Gasteiger partial charge on any atom is 0.340 e. The Morgan fingerprint density at radius 1 is 0.967 bits per heavy atom. The van der Waals surface area contributed by atoms with Crippen LogP contribution in [0.15, 0.2) is 63.8 Å². The lowest BCUT2D eigenvalue weighted by Gasteiger charge is -2.13. The van der Waals surface area contributed by atoms with Crippen LogP contribution >= 0.6 is 0 Å². The molecule has 0 amide bonds. The van der Waals surface area contributed by atoms with Gasteiger partial charge in [0.25, 0.3) is 0 Å². The topological polar surface area (TPSA) is 65.7 Å². The number of methoxy groups -OCH3 is 1. The molecule has 30 heavy (non-hydrogen) atoms. The van der Waals surface area contributed by atoms with E-state index < -0.39 is 11.6 Å². The maximum atomic E-state index is 12.4. The van der Waals surface area contributed by atoms with Crippen molar-refractivity contribution in [3.8, 4) is 5.75 Å². The van der Waals surface area contributed by atoms with Crippen molar-refractivity contribution in [1.82, 2.24) is 0 Å². The Morgan fingerprint density at radius 2 is 1.77 bits per heavy atom. The summed E-state index contributed by atoms with van der Waals surface area (Å²) in [5, 5.41) is 3.09. The molecule has 0 N–H and O–H groups in total. The van der Waals surface area contributed by atoms with Gasteiger partial charge in [0.1, 0.15) is 17.9 Å². The number of rotatable bonds is 5. The van der Waals surface area contributed by atoms with Crippen molar-refractivity contribution < 1.29 is 18.7 Å². The van der Waals surface area contributed by atoms with Crippen molar-refractivity contribution in [2.45, 2.75) is 26.9 Å². The summed E-state index contributed by atoms with van der Waals surface area (Å²) < 4.78 is 16.2. The number of carbonyl (C=O) groups is 1. The van der Waals surface area contributed by atoms with Gasteiger partial charge >= 0.3 is 11.6 Å². The van der Waals surface area contributed by atoms with Gasteiger partial charge in [-0.2, -0.15) is 0 Å². The number of ether oxygens (including phenoxy) is 2. The average molecular weight is 402 g/mol. The number of fused-ring (bicyclic) bond motifs is 2. The fourth-order valence-corrected chi connectivity index (χ4v) is 3.68. The Bertz CT molecular complexity index is 1320. The second-order valence-electron chi connectivity index (χ2n) is 7.27. The number of hydrogen-bond acceptors (Lipinski definition) is 5. The highest BCUT2D eigenvalue weighted by atomic mass is 16.5. The van der Waals surface area contributed by atoms with Gasteiger partial charge in [-0.1, -0.05) is 36.4 Å². The van der Waals surface area contributed by atoms with Crippen LogP contribution in [0.4, 0.5) is 0 Å². The third kappa shape index (κ3) is 3.66. The van der Waals surface area contributed by atoms with Gasteiger partial charge in [-0.3, -0.25) is 4.79 Å². The standard InChI is InChI=1S/C25H22O5/c1-15-8-9-17-6-4-5-7-20(17)22(15)14-29-18-10-11-19-16(2)21(13-24(26)28-3)25(27)30-23(19)12-18/h4-12H,13-14H2,1-3H3. The predicted octanol–water partition coefficient (Wildman–Crippen LogP) is 4.86. The highest BCUT2D eigenvalue weighted by molar-refractivity contribution is 5.87. The molecule has 0 aliphatic carbocycles. The first-order chi connectivity index (χ1) is 14.5. The van der Waals surface area contributed by atoms with E-state index in [0.29, 0.717) is 29.1 Å². The van der Waals surface area contributed by atoms with E-state index in [1.54, 1.807) is 13.0 Å². The molecule has 5 nitrogen and oxygen atoms in total. The lowest BCUT2D eigenvalue weighted by molar-refractivity contribution is -0.139. The zero-order valence-electron chi connectivity index (χ0n) is 17.2. The summed E-state index contributed by atoms with van der Waals surface area (Å²) in [4.78, 5) is 24.0. The van der Waals surface area contributed by atoms with E-state index in [-0.39, 0.29) is 6.42 Å². The van der Waals surface area contributed by atoms with Crippen molar-refractivity contribution in [2.24, 2.45) is 0 Å². The Labute approximate surface area is 173 Å². The van der Waals surface area contributed by atoms with Crippen molar-refractivity contribution in [2.75, 3.05) is 7.11 Å². The Hall–Kier alpha value is -3.60. The van der Waals surface area contributed by atoms with Crippen molar-refractivity contribution in [3.05, 3.63) is 87.3 Å².